The molecule has 8 nitrogen and oxygen atoms in total. The monoisotopic (exact) mass is 350 g/mol. The summed E-state index contributed by atoms with van der Waals surface area (Å²) in [6, 6.07) is 9.13. The maximum Gasteiger partial charge on any atom is 0.342 e. The van der Waals surface area contributed by atoms with Gasteiger partial charge in [-0.3, -0.25) is 14.9 Å². The van der Waals surface area contributed by atoms with Crippen molar-refractivity contribution in [2.75, 3.05) is 11.9 Å². The lowest BCUT2D eigenvalue weighted by Gasteiger charge is -2.07. The molecule has 9 heteroatoms. The van der Waals surface area contributed by atoms with Gasteiger partial charge in [0.2, 0.25) is 0 Å². The molecule has 2 aromatic rings. The number of hydrogen-bond donors (Lipinski definition) is 2. The Morgan fingerprint density at radius 1 is 1.25 bits per heavy atom. The fourth-order valence-corrected chi connectivity index (χ4v) is 1.95. The van der Waals surface area contributed by atoms with Gasteiger partial charge in [0.25, 0.3) is 11.6 Å². The van der Waals surface area contributed by atoms with E-state index in [2.05, 4.69) is 5.32 Å². The van der Waals surface area contributed by atoms with Gasteiger partial charge < -0.3 is 15.2 Å². The standard InChI is InChI=1S/C15H11ClN2O6/c16-9-4-5-13(19)12(6-9)15(21)24-8-14(20)17-10-2-1-3-11(7-10)18(22)23/h1-7,19H,8H2,(H,17,20). The molecule has 124 valence electrons. The number of phenolic OH excluding ortho intramolecular Hbond substituents is 1. The number of amides is 1. The van der Waals surface area contributed by atoms with Crippen LogP contribution in [-0.2, 0) is 9.53 Å². The van der Waals surface area contributed by atoms with E-state index in [9.17, 15) is 24.8 Å². The number of carbonyl (C=O) groups is 2. The first-order chi connectivity index (χ1) is 11.4. The molecule has 0 aliphatic carbocycles. The van der Waals surface area contributed by atoms with Crippen LogP contribution >= 0.6 is 11.6 Å². The summed E-state index contributed by atoms with van der Waals surface area (Å²) < 4.78 is 4.77. The Morgan fingerprint density at radius 2 is 2.00 bits per heavy atom. The van der Waals surface area contributed by atoms with Crippen molar-refractivity contribution in [1.29, 1.82) is 0 Å². The third kappa shape index (κ3) is 4.43. The summed E-state index contributed by atoms with van der Waals surface area (Å²) in [4.78, 5) is 33.6. The molecule has 1 amide bonds. The first-order valence-electron chi connectivity index (χ1n) is 6.57. The van der Waals surface area contributed by atoms with Crippen molar-refractivity contribution in [3.05, 3.63) is 63.2 Å². The van der Waals surface area contributed by atoms with E-state index in [0.29, 0.717) is 0 Å². The molecule has 2 aromatic carbocycles. The molecule has 0 unspecified atom stereocenters. The number of halogens is 1. The third-order valence-corrected chi connectivity index (χ3v) is 3.09. The molecular weight excluding hydrogens is 340 g/mol. The number of nitrogens with one attached hydrogen (secondary N) is 1. The van der Waals surface area contributed by atoms with Crippen molar-refractivity contribution >= 4 is 34.9 Å². The average molecular weight is 351 g/mol. The minimum atomic E-state index is -0.927. The Labute approximate surface area is 140 Å². The quantitative estimate of drug-likeness (QED) is 0.486. The number of carbonyl (C=O) groups excluding carboxylic acids is 2. The zero-order valence-electron chi connectivity index (χ0n) is 12.1. The van der Waals surface area contributed by atoms with Gasteiger partial charge in [0, 0.05) is 22.8 Å². The Kier molecular flexibility index (Phi) is 5.33. The lowest BCUT2D eigenvalue weighted by molar-refractivity contribution is -0.384. The van der Waals surface area contributed by atoms with Gasteiger partial charge in [-0.05, 0) is 24.3 Å². The molecular formula is C15H11ClN2O6. The zero-order valence-corrected chi connectivity index (χ0v) is 12.8. The summed E-state index contributed by atoms with van der Waals surface area (Å²) in [6.07, 6.45) is 0. The van der Waals surface area contributed by atoms with Crippen LogP contribution in [0.25, 0.3) is 0 Å². The van der Waals surface area contributed by atoms with E-state index in [1.165, 1.54) is 42.5 Å². The molecule has 0 saturated carbocycles. The van der Waals surface area contributed by atoms with E-state index < -0.39 is 23.4 Å². The van der Waals surface area contributed by atoms with Crippen LogP contribution in [0.4, 0.5) is 11.4 Å². The van der Waals surface area contributed by atoms with Crippen molar-refractivity contribution in [1.82, 2.24) is 0 Å². The van der Waals surface area contributed by atoms with E-state index in [1.54, 1.807) is 0 Å². The van der Waals surface area contributed by atoms with Gasteiger partial charge in [-0.2, -0.15) is 0 Å². The number of aromatic hydroxyl groups is 1. The number of hydrogen-bond acceptors (Lipinski definition) is 6. The molecule has 0 aliphatic heterocycles. The van der Waals surface area contributed by atoms with Crippen LogP contribution in [0.1, 0.15) is 10.4 Å². The number of benzene rings is 2. The van der Waals surface area contributed by atoms with Gasteiger partial charge in [-0.25, -0.2) is 4.79 Å². The molecule has 0 fully saturated rings. The Balaban J connectivity index is 1.96. The fourth-order valence-electron chi connectivity index (χ4n) is 1.77. The topological polar surface area (TPSA) is 119 Å². The van der Waals surface area contributed by atoms with Crippen LogP contribution in [0.5, 0.6) is 5.75 Å². The molecule has 2 rings (SSSR count). The van der Waals surface area contributed by atoms with Crippen LogP contribution in [0.15, 0.2) is 42.5 Å². The van der Waals surface area contributed by atoms with E-state index in [1.807, 2.05) is 0 Å². The Bertz CT molecular complexity index is 808. The highest BCUT2D eigenvalue weighted by atomic mass is 35.5. The Hall–Kier alpha value is -3.13. The number of nitro groups is 1. The van der Waals surface area contributed by atoms with E-state index in [0.717, 1.165) is 0 Å². The number of phenols is 1. The van der Waals surface area contributed by atoms with Crippen molar-refractivity contribution in [2.24, 2.45) is 0 Å². The first kappa shape index (κ1) is 17.2. The van der Waals surface area contributed by atoms with Gasteiger partial charge in [0.05, 0.1) is 4.92 Å². The van der Waals surface area contributed by atoms with Crippen molar-refractivity contribution in [2.45, 2.75) is 0 Å². The van der Waals surface area contributed by atoms with Crippen molar-refractivity contribution in [3.8, 4) is 5.75 Å². The molecule has 0 radical (unpaired) electrons. The normalized spacial score (nSPS) is 10.0. The summed E-state index contributed by atoms with van der Waals surface area (Å²) in [5.74, 6) is -1.95. The van der Waals surface area contributed by atoms with Crippen molar-refractivity contribution < 1.29 is 24.4 Å². The van der Waals surface area contributed by atoms with Gasteiger partial charge in [0.1, 0.15) is 11.3 Å². The second kappa shape index (κ2) is 7.42. The van der Waals surface area contributed by atoms with Crippen molar-refractivity contribution in [3.63, 3.8) is 0 Å². The van der Waals surface area contributed by atoms with Gasteiger partial charge in [-0.1, -0.05) is 17.7 Å². The highest BCUT2D eigenvalue weighted by Gasteiger charge is 2.15. The first-order valence-corrected chi connectivity index (χ1v) is 6.94. The van der Waals surface area contributed by atoms with Crippen LogP contribution in [0.2, 0.25) is 5.02 Å². The van der Waals surface area contributed by atoms with Crippen LogP contribution in [0, 0.1) is 10.1 Å². The zero-order chi connectivity index (χ0) is 17.7. The summed E-state index contributed by atoms with van der Waals surface area (Å²) in [5.41, 5.74) is -0.171. The predicted molar refractivity (Wildman–Crippen MR) is 85.1 cm³/mol. The van der Waals surface area contributed by atoms with Crippen LogP contribution in [0.3, 0.4) is 0 Å². The number of non-ortho nitro benzene ring substituents is 1. The van der Waals surface area contributed by atoms with Gasteiger partial charge >= 0.3 is 5.97 Å². The number of rotatable bonds is 5. The van der Waals surface area contributed by atoms with Crippen LogP contribution in [-0.4, -0.2) is 28.5 Å². The number of anilines is 1. The lowest BCUT2D eigenvalue weighted by Crippen LogP contribution is -2.21. The second-order valence-electron chi connectivity index (χ2n) is 4.59. The highest BCUT2D eigenvalue weighted by molar-refractivity contribution is 6.31. The summed E-state index contributed by atoms with van der Waals surface area (Å²) in [7, 11) is 0. The fraction of sp³-hybridized carbons (Fsp3) is 0.0667. The average Bonchev–Trinajstić information content (AvgIpc) is 2.55. The maximum absolute atomic E-state index is 11.8. The molecule has 0 aliphatic rings. The summed E-state index contributed by atoms with van der Waals surface area (Å²) in [5, 5.41) is 22.8. The smallest absolute Gasteiger partial charge is 0.342 e. The molecule has 0 spiro atoms. The number of esters is 1. The third-order valence-electron chi connectivity index (χ3n) is 2.85. The predicted octanol–water partition coefficient (Wildman–Crippen LogP) is 2.75. The van der Waals surface area contributed by atoms with Crippen LogP contribution < -0.4 is 5.32 Å². The maximum atomic E-state index is 11.8. The van der Waals surface area contributed by atoms with Gasteiger partial charge in [0.15, 0.2) is 6.61 Å². The lowest BCUT2D eigenvalue weighted by atomic mass is 10.2. The Morgan fingerprint density at radius 3 is 2.71 bits per heavy atom. The highest BCUT2D eigenvalue weighted by Crippen LogP contribution is 2.22. The molecule has 0 bridgehead atoms. The number of ether oxygens (including phenoxy) is 1. The second-order valence-corrected chi connectivity index (χ2v) is 5.03. The molecule has 0 aromatic heterocycles. The molecule has 0 heterocycles. The largest absolute Gasteiger partial charge is 0.507 e. The molecule has 0 saturated heterocycles. The minimum absolute atomic E-state index is 0.175. The summed E-state index contributed by atoms with van der Waals surface area (Å²) >= 11 is 5.72. The van der Waals surface area contributed by atoms with E-state index in [-0.39, 0.29) is 27.7 Å². The van der Waals surface area contributed by atoms with E-state index >= 15 is 0 Å². The number of nitro benzene ring substituents is 1. The van der Waals surface area contributed by atoms with Gasteiger partial charge in [-0.15, -0.1) is 0 Å². The SMILES string of the molecule is O=C(COC(=O)c1cc(Cl)ccc1O)Nc1cccc([N+](=O)[O-])c1. The van der Waals surface area contributed by atoms with E-state index in [4.69, 9.17) is 16.3 Å². The number of nitrogens with zero attached hydrogens (tertiary/aromatic N) is 1. The molecule has 0 atom stereocenters. The minimum Gasteiger partial charge on any atom is -0.507 e. The molecule has 24 heavy (non-hydrogen) atoms. The molecule has 2 N–H and O–H groups in total. The summed E-state index contributed by atoms with van der Waals surface area (Å²) in [6.45, 7) is -0.631.